The predicted octanol–water partition coefficient (Wildman–Crippen LogP) is 5.44. The zero-order valence-corrected chi connectivity index (χ0v) is 16.6. The number of benzene rings is 1. The van der Waals surface area contributed by atoms with E-state index in [1.54, 1.807) is 11.3 Å². The Morgan fingerprint density at radius 3 is 2.73 bits per heavy atom. The van der Waals surface area contributed by atoms with Crippen molar-refractivity contribution in [3.8, 4) is 6.07 Å². The first-order valence-electron chi connectivity index (χ1n) is 9.41. The molecule has 3 nitrogen and oxygen atoms in total. The Kier molecular flexibility index (Phi) is 5.78. The third-order valence-corrected chi connectivity index (χ3v) is 6.33. The monoisotopic (exact) mass is 366 g/mol. The van der Waals surface area contributed by atoms with Crippen molar-refractivity contribution < 1.29 is 4.79 Å². The van der Waals surface area contributed by atoms with Crippen LogP contribution in [0.3, 0.4) is 0 Å². The predicted molar refractivity (Wildman–Crippen MR) is 108 cm³/mol. The van der Waals surface area contributed by atoms with Gasteiger partial charge in [0.15, 0.2) is 0 Å². The zero-order valence-electron chi connectivity index (χ0n) is 15.8. The zero-order chi connectivity index (χ0) is 18.7. The Morgan fingerprint density at radius 1 is 1.35 bits per heavy atom. The summed E-state index contributed by atoms with van der Waals surface area (Å²) in [6.45, 7) is 6.60. The maximum Gasteiger partial charge on any atom is 0.225 e. The molecule has 0 spiro atoms. The number of rotatable bonds is 5. The number of aryl methyl sites for hydroxylation is 1. The molecule has 1 heterocycles. The van der Waals surface area contributed by atoms with Gasteiger partial charge in [0, 0.05) is 11.3 Å². The number of hydrogen-bond donors (Lipinski definition) is 1. The molecular formula is C22H26N2OS. The van der Waals surface area contributed by atoms with Crippen molar-refractivity contribution in [3.63, 3.8) is 0 Å². The first-order valence-corrected chi connectivity index (χ1v) is 10.2. The Labute approximate surface area is 160 Å². The van der Waals surface area contributed by atoms with E-state index in [9.17, 15) is 10.1 Å². The topological polar surface area (TPSA) is 52.9 Å². The number of thiophene rings is 1. The molecule has 1 aromatic carbocycles. The highest BCUT2D eigenvalue weighted by Gasteiger charge is 2.24. The summed E-state index contributed by atoms with van der Waals surface area (Å²) in [6, 6.07) is 10.8. The van der Waals surface area contributed by atoms with Gasteiger partial charge in [-0.25, -0.2) is 0 Å². The van der Waals surface area contributed by atoms with E-state index < -0.39 is 0 Å². The summed E-state index contributed by atoms with van der Waals surface area (Å²) in [5.74, 6) is 1.16. The van der Waals surface area contributed by atoms with Crippen LogP contribution in [0, 0.1) is 17.2 Å². The van der Waals surface area contributed by atoms with Crippen LogP contribution in [0.15, 0.2) is 24.3 Å². The average molecular weight is 367 g/mol. The van der Waals surface area contributed by atoms with Crippen LogP contribution in [0.2, 0.25) is 0 Å². The summed E-state index contributed by atoms with van der Waals surface area (Å²) in [6.07, 6.45) is 4.25. The van der Waals surface area contributed by atoms with Gasteiger partial charge in [0.1, 0.15) is 11.1 Å². The molecule has 1 aromatic heterocycles. The molecule has 4 heteroatoms. The lowest BCUT2D eigenvalue weighted by atomic mass is 9.88. The normalized spacial score (nSPS) is 16.2. The molecule has 0 unspecified atom stereocenters. The number of amides is 1. The summed E-state index contributed by atoms with van der Waals surface area (Å²) in [4.78, 5) is 13.7. The summed E-state index contributed by atoms with van der Waals surface area (Å²) in [5, 5.41) is 13.3. The Balaban J connectivity index is 1.62. The van der Waals surface area contributed by atoms with Crippen LogP contribution >= 0.6 is 11.3 Å². The molecule has 26 heavy (non-hydrogen) atoms. The van der Waals surface area contributed by atoms with Crippen LogP contribution in [0.4, 0.5) is 5.00 Å². The summed E-state index contributed by atoms with van der Waals surface area (Å²) < 4.78 is 0. The van der Waals surface area contributed by atoms with Crippen molar-refractivity contribution in [2.24, 2.45) is 5.92 Å². The molecule has 0 radical (unpaired) electrons. The number of carbonyl (C=O) groups is 1. The van der Waals surface area contributed by atoms with Crippen molar-refractivity contribution in [3.05, 3.63) is 51.4 Å². The van der Waals surface area contributed by atoms with Crippen LogP contribution in [0.1, 0.15) is 66.7 Å². The molecule has 0 saturated heterocycles. The maximum absolute atomic E-state index is 12.4. The first-order chi connectivity index (χ1) is 12.5. The number of anilines is 1. The molecule has 0 saturated carbocycles. The van der Waals surface area contributed by atoms with Crippen molar-refractivity contribution in [2.75, 3.05) is 5.32 Å². The van der Waals surface area contributed by atoms with Crippen LogP contribution in [-0.2, 0) is 24.1 Å². The van der Waals surface area contributed by atoms with Crippen LogP contribution in [0.25, 0.3) is 0 Å². The highest BCUT2D eigenvalue weighted by molar-refractivity contribution is 7.16. The van der Waals surface area contributed by atoms with E-state index in [0.29, 0.717) is 30.2 Å². The SMILES string of the molecule is CC(C)c1ccc(CCC(=O)Nc2sc3c(c2C#N)CC[C@@H](C)C3)cc1. The summed E-state index contributed by atoms with van der Waals surface area (Å²) >= 11 is 1.59. The molecule has 1 aliphatic rings. The van der Waals surface area contributed by atoms with Crippen LogP contribution < -0.4 is 5.32 Å². The first kappa shape index (κ1) is 18.7. The van der Waals surface area contributed by atoms with Gasteiger partial charge >= 0.3 is 0 Å². The largest absolute Gasteiger partial charge is 0.317 e. The minimum atomic E-state index is -0.0129. The van der Waals surface area contributed by atoms with Crippen molar-refractivity contribution in [1.82, 2.24) is 0 Å². The van der Waals surface area contributed by atoms with Gasteiger partial charge in [0.05, 0.1) is 5.56 Å². The summed E-state index contributed by atoms with van der Waals surface area (Å²) in [5.41, 5.74) is 4.33. The number of nitrogens with one attached hydrogen (secondary N) is 1. The van der Waals surface area contributed by atoms with E-state index in [2.05, 4.69) is 56.4 Å². The van der Waals surface area contributed by atoms with Gasteiger partial charge < -0.3 is 5.32 Å². The fourth-order valence-electron chi connectivity index (χ4n) is 3.47. The third kappa shape index (κ3) is 4.16. The van der Waals surface area contributed by atoms with Gasteiger partial charge in [-0.1, -0.05) is 45.0 Å². The van der Waals surface area contributed by atoms with E-state index in [1.807, 2.05) is 0 Å². The lowest BCUT2D eigenvalue weighted by molar-refractivity contribution is -0.116. The number of nitriles is 1. The van der Waals surface area contributed by atoms with Gasteiger partial charge in [-0.2, -0.15) is 5.26 Å². The molecule has 136 valence electrons. The highest BCUT2D eigenvalue weighted by atomic mass is 32.1. The van der Waals surface area contributed by atoms with E-state index in [4.69, 9.17) is 0 Å². The molecule has 0 aliphatic heterocycles. The number of hydrogen-bond acceptors (Lipinski definition) is 3. The molecule has 1 amide bonds. The Hall–Kier alpha value is -2.12. The smallest absolute Gasteiger partial charge is 0.225 e. The van der Waals surface area contributed by atoms with E-state index in [1.165, 1.54) is 16.0 Å². The van der Waals surface area contributed by atoms with Gasteiger partial charge in [0.25, 0.3) is 0 Å². The molecule has 0 fully saturated rings. The Morgan fingerprint density at radius 2 is 2.08 bits per heavy atom. The minimum Gasteiger partial charge on any atom is -0.317 e. The van der Waals surface area contributed by atoms with Crippen molar-refractivity contribution in [2.45, 2.75) is 58.8 Å². The molecule has 2 aromatic rings. The van der Waals surface area contributed by atoms with Gasteiger partial charge in [0.2, 0.25) is 5.91 Å². The minimum absolute atomic E-state index is 0.0129. The molecule has 1 atom stereocenters. The Bertz CT molecular complexity index is 827. The molecule has 1 aliphatic carbocycles. The summed E-state index contributed by atoms with van der Waals surface area (Å²) in [7, 11) is 0. The fourth-order valence-corrected chi connectivity index (χ4v) is 4.85. The average Bonchev–Trinajstić information content (AvgIpc) is 2.96. The second kappa shape index (κ2) is 8.05. The molecule has 0 bridgehead atoms. The maximum atomic E-state index is 12.4. The lowest BCUT2D eigenvalue weighted by Gasteiger charge is -2.17. The standard InChI is InChI=1S/C22H26N2OS/c1-14(2)17-8-5-16(6-9-17)7-11-21(25)24-22-19(13-23)18-10-4-15(3)12-20(18)26-22/h5-6,8-9,14-15H,4,7,10-12H2,1-3H3,(H,24,25)/t15-/m1/s1. The third-order valence-electron chi connectivity index (χ3n) is 5.16. The van der Waals surface area contributed by atoms with Gasteiger partial charge in [-0.3, -0.25) is 4.79 Å². The second-order valence-electron chi connectivity index (χ2n) is 7.61. The van der Waals surface area contributed by atoms with E-state index >= 15 is 0 Å². The van der Waals surface area contributed by atoms with Crippen molar-refractivity contribution >= 4 is 22.2 Å². The molecule has 1 N–H and O–H groups in total. The van der Waals surface area contributed by atoms with Crippen LogP contribution in [-0.4, -0.2) is 5.91 Å². The highest BCUT2D eigenvalue weighted by Crippen LogP contribution is 2.39. The second-order valence-corrected chi connectivity index (χ2v) is 8.72. The van der Waals surface area contributed by atoms with Gasteiger partial charge in [-0.15, -0.1) is 11.3 Å². The lowest BCUT2D eigenvalue weighted by Crippen LogP contribution is -2.12. The number of fused-ring (bicyclic) bond motifs is 1. The van der Waals surface area contributed by atoms with Crippen LogP contribution in [0.5, 0.6) is 0 Å². The number of carbonyl (C=O) groups excluding carboxylic acids is 1. The quantitative estimate of drug-likeness (QED) is 0.766. The number of nitrogens with zero attached hydrogens (tertiary/aromatic N) is 1. The van der Waals surface area contributed by atoms with Crippen molar-refractivity contribution in [1.29, 1.82) is 5.26 Å². The van der Waals surface area contributed by atoms with E-state index in [0.717, 1.165) is 29.8 Å². The molecular weight excluding hydrogens is 340 g/mol. The molecule has 3 rings (SSSR count). The van der Waals surface area contributed by atoms with Gasteiger partial charge in [-0.05, 0) is 54.2 Å². The van der Waals surface area contributed by atoms with E-state index in [-0.39, 0.29) is 5.91 Å². The fraction of sp³-hybridized carbons (Fsp3) is 0.455.